The summed E-state index contributed by atoms with van der Waals surface area (Å²) in [6.07, 6.45) is 0.630. The first-order valence-corrected chi connectivity index (χ1v) is 6.41. The molecule has 17 heavy (non-hydrogen) atoms. The fourth-order valence-electron chi connectivity index (χ4n) is 1.63. The Morgan fingerprint density at radius 3 is 2.82 bits per heavy atom. The van der Waals surface area contributed by atoms with Gasteiger partial charge in [-0.1, -0.05) is 29.3 Å². The first-order chi connectivity index (χ1) is 8.08. The second-order valence-corrected chi connectivity index (χ2v) is 4.82. The van der Waals surface area contributed by atoms with Crippen molar-refractivity contribution >= 4 is 21.7 Å². The lowest BCUT2D eigenvalue weighted by Crippen LogP contribution is -2.22. The smallest absolute Gasteiger partial charge is 0.165 e. The number of Topliss-reactive ketones (excluding diaryl/α,β-unsaturated/α-hetero) is 1. The van der Waals surface area contributed by atoms with Crippen molar-refractivity contribution in [3.05, 3.63) is 28.2 Å². The molecule has 0 saturated heterocycles. The van der Waals surface area contributed by atoms with Crippen molar-refractivity contribution in [1.82, 2.24) is 0 Å². The van der Waals surface area contributed by atoms with E-state index in [2.05, 4.69) is 15.9 Å². The summed E-state index contributed by atoms with van der Waals surface area (Å²) in [6.45, 7) is 1.94. The number of hydrogen-bond donors (Lipinski definition) is 1. The van der Waals surface area contributed by atoms with Crippen LogP contribution < -0.4 is 4.74 Å². The maximum atomic E-state index is 11.8. The summed E-state index contributed by atoms with van der Waals surface area (Å²) in [6, 6.07) is 5.50. The van der Waals surface area contributed by atoms with Crippen LogP contribution in [0, 0.1) is 0 Å². The highest BCUT2D eigenvalue weighted by molar-refractivity contribution is 9.10. The van der Waals surface area contributed by atoms with E-state index in [0.717, 1.165) is 16.5 Å². The molecule has 0 spiro atoms. The fourth-order valence-corrected chi connectivity index (χ4v) is 2.03. The minimum atomic E-state index is -0.872. The van der Waals surface area contributed by atoms with Gasteiger partial charge in [-0.25, -0.2) is 0 Å². The Labute approximate surface area is 110 Å². The molecule has 0 amide bonds. The summed E-state index contributed by atoms with van der Waals surface area (Å²) < 4.78 is 6.08. The van der Waals surface area contributed by atoms with Gasteiger partial charge in [0.05, 0.1) is 7.11 Å². The molecule has 0 fully saturated rings. The highest BCUT2D eigenvalue weighted by Gasteiger charge is 2.16. The van der Waals surface area contributed by atoms with Gasteiger partial charge in [-0.15, -0.1) is 0 Å². The third-order valence-corrected chi connectivity index (χ3v) is 3.03. The number of carbonyl (C=O) groups is 1. The van der Waals surface area contributed by atoms with E-state index in [1.165, 1.54) is 0 Å². The highest BCUT2D eigenvalue weighted by atomic mass is 79.9. The summed E-state index contributed by atoms with van der Waals surface area (Å²) >= 11 is 3.35. The van der Waals surface area contributed by atoms with Crippen LogP contribution in [0.4, 0.5) is 0 Å². The van der Waals surface area contributed by atoms with Gasteiger partial charge in [-0.2, -0.15) is 0 Å². The Hall–Kier alpha value is -0.870. The normalized spacial score (nSPS) is 12.2. The molecule has 3 nitrogen and oxygen atoms in total. The minimum Gasteiger partial charge on any atom is -0.496 e. The van der Waals surface area contributed by atoms with Gasteiger partial charge >= 0.3 is 0 Å². The van der Waals surface area contributed by atoms with E-state index in [9.17, 15) is 9.90 Å². The average molecular weight is 301 g/mol. The van der Waals surface area contributed by atoms with Crippen LogP contribution in [0.1, 0.15) is 25.3 Å². The van der Waals surface area contributed by atoms with Crippen LogP contribution in [0.5, 0.6) is 5.75 Å². The van der Waals surface area contributed by atoms with Crippen molar-refractivity contribution in [3.63, 3.8) is 0 Å². The van der Waals surface area contributed by atoms with Crippen molar-refractivity contribution in [3.8, 4) is 5.75 Å². The van der Waals surface area contributed by atoms with Gasteiger partial charge in [0, 0.05) is 16.5 Å². The van der Waals surface area contributed by atoms with Gasteiger partial charge in [0.2, 0.25) is 0 Å². The molecule has 0 radical (unpaired) electrons. The standard InChI is InChI=1S/C13H17BrO3/c1-3-4-11(15)12(16)8-9-7-10(14)5-6-13(9)17-2/h5-7,11,15H,3-4,8H2,1-2H3. The van der Waals surface area contributed by atoms with E-state index in [0.29, 0.717) is 12.2 Å². The van der Waals surface area contributed by atoms with Crippen molar-refractivity contribution in [1.29, 1.82) is 0 Å². The predicted octanol–water partition coefficient (Wildman–Crippen LogP) is 2.73. The molecule has 0 aliphatic rings. The zero-order valence-corrected chi connectivity index (χ0v) is 11.7. The molecular formula is C13H17BrO3. The molecular weight excluding hydrogens is 284 g/mol. The Balaban J connectivity index is 2.79. The Morgan fingerprint density at radius 2 is 2.24 bits per heavy atom. The lowest BCUT2D eigenvalue weighted by atomic mass is 10.0. The van der Waals surface area contributed by atoms with Gasteiger partial charge in [0.15, 0.2) is 5.78 Å². The number of ether oxygens (including phenoxy) is 1. The van der Waals surface area contributed by atoms with Crippen molar-refractivity contribution in [2.45, 2.75) is 32.3 Å². The van der Waals surface area contributed by atoms with E-state index in [1.54, 1.807) is 13.2 Å². The zero-order valence-electron chi connectivity index (χ0n) is 10.1. The molecule has 1 N–H and O–H groups in total. The van der Waals surface area contributed by atoms with Gasteiger partial charge in [-0.3, -0.25) is 4.79 Å². The molecule has 94 valence electrons. The van der Waals surface area contributed by atoms with Crippen molar-refractivity contribution in [2.24, 2.45) is 0 Å². The summed E-state index contributed by atoms with van der Waals surface area (Å²) in [5.41, 5.74) is 0.794. The quantitative estimate of drug-likeness (QED) is 0.879. The van der Waals surface area contributed by atoms with E-state index in [1.807, 2.05) is 19.1 Å². The first-order valence-electron chi connectivity index (χ1n) is 5.61. The van der Waals surface area contributed by atoms with E-state index in [4.69, 9.17) is 4.74 Å². The van der Waals surface area contributed by atoms with Crippen LogP contribution in [-0.2, 0) is 11.2 Å². The molecule has 1 atom stereocenters. The van der Waals surface area contributed by atoms with Crippen LogP contribution in [-0.4, -0.2) is 24.1 Å². The van der Waals surface area contributed by atoms with Crippen LogP contribution in [0.3, 0.4) is 0 Å². The molecule has 1 rings (SSSR count). The SMILES string of the molecule is CCCC(O)C(=O)Cc1cc(Br)ccc1OC. The van der Waals surface area contributed by atoms with Gasteiger partial charge in [-0.05, 0) is 24.6 Å². The molecule has 0 aliphatic heterocycles. The predicted molar refractivity (Wildman–Crippen MR) is 70.3 cm³/mol. The number of aliphatic hydroxyl groups is 1. The Bertz CT molecular complexity index is 390. The molecule has 0 saturated carbocycles. The molecule has 4 heteroatoms. The molecule has 0 aliphatic carbocycles. The number of carbonyl (C=O) groups excluding carboxylic acids is 1. The number of halogens is 1. The lowest BCUT2D eigenvalue weighted by Gasteiger charge is -2.11. The minimum absolute atomic E-state index is 0.164. The zero-order chi connectivity index (χ0) is 12.8. The number of rotatable bonds is 6. The number of benzene rings is 1. The van der Waals surface area contributed by atoms with Gasteiger partial charge in [0.25, 0.3) is 0 Å². The monoisotopic (exact) mass is 300 g/mol. The van der Waals surface area contributed by atoms with Crippen molar-refractivity contribution < 1.29 is 14.6 Å². The number of ketones is 1. The summed E-state index contributed by atoms with van der Waals surface area (Å²) in [5, 5.41) is 9.61. The largest absolute Gasteiger partial charge is 0.496 e. The second kappa shape index (κ2) is 6.77. The third kappa shape index (κ3) is 4.13. The molecule has 1 aromatic rings. The number of aliphatic hydroxyl groups excluding tert-OH is 1. The summed E-state index contributed by atoms with van der Waals surface area (Å²) in [4.78, 5) is 11.8. The topological polar surface area (TPSA) is 46.5 Å². The number of methoxy groups -OCH3 is 1. The Kier molecular flexibility index (Phi) is 5.65. The molecule has 1 unspecified atom stereocenters. The highest BCUT2D eigenvalue weighted by Crippen LogP contribution is 2.24. The molecule has 0 heterocycles. The average Bonchev–Trinajstić information content (AvgIpc) is 2.29. The lowest BCUT2D eigenvalue weighted by molar-refractivity contribution is -0.126. The van der Waals surface area contributed by atoms with E-state index in [-0.39, 0.29) is 12.2 Å². The summed E-state index contributed by atoms with van der Waals surface area (Å²) in [5.74, 6) is 0.508. The maximum absolute atomic E-state index is 11.8. The maximum Gasteiger partial charge on any atom is 0.165 e. The second-order valence-electron chi connectivity index (χ2n) is 3.90. The van der Waals surface area contributed by atoms with Gasteiger partial charge < -0.3 is 9.84 Å². The summed E-state index contributed by atoms with van der Waals surface area (Å²) in [7, 11) is 1.57. The van der Waals surface area contributed by atoms with Crippen LogP contribution >= 0.6 is 15.9 Å². The molecule has 0 aromatic heterocycles. The molecule has 1 aromatic carbocycles. The fraction of sp³-hybridized carbons (Fsp3) is 0.462. The van der Waals surface area contributed by atoms with Crippen LogP contribution in [0.15, 0.2) is 22.7 Å². The third-order valence-electron chi connectivity index (χ3n) is 2.54. The molecule has 0 bridgehead atoms. The number of hydrogen-bond acceptors (Lipinski definition) is 3. The van der Waals surface area contributed by atoms with E-state index >= 15 is 0 Å². The Morgan fingerprint density at radius 1 is 1.53 bits per heavy atom. The van der Waals surface area contributed by atoms with Crippen LogP contribution in [0.2, 0.25) is 0 Å². The van der Waals surface area contributed by atoms with Gasteiger partial charge in [0.1, 0.15) is 11.9 Å². The first kappa shape index (κ1) is 14.2. The van der Waals surface area contributed by atoms with E-state index < -0.39 is 6.10 Å². The van der Waals surface area contributed by atoms with Crippen molar-refractivity contribution in [2.75, 3.05) is 7.11 Å². The van der Waals surface area contributed by atoms with Crippen LogP contribution in [0.25, 0.3) is 0 Å².